The topological polar surface area (TPSA) is 38.7 Å². The third-order valence-electron chi connectivity index (χ3n) is 4.95. The summed E-state index contributed by atoms with van der Waals surface area (Å²) in [6.07, 6.45) is 1.89. The first-order valence-corrected chi connectivity index (χ1v) is 9.62. The summed E-state index contributed by atoms with van der Waals surface area (Å²) in [7, 11) is 0. The van der Waals surface area contributed by atoms with Crippen LogP contribution in [0.25, 0.3) is 53.5 Å². The molecule has 0 radical (unpaired) electrons. The van der Waals surface area contributed by atoms with Gasteiger partial charge in [0.15, 0.2) is 5.82 Å². The molecule has 3 heterocycles. The van der Waals surface area contributed by atoms with Crippen molar-refractivity contribution in [2.75, 3.05) is 0 Å². The summed E-state index contributed by atoms with van der Waals surface area (Å²) in [5.41, 5.74) is 1.78. The average molecular weight is 363 g/mol. The average Bonchev–Trinajstić information content (AvgIpc) is 3.11. The van der Waals surface area contributed by atoms with Gasteiger partial charge in [-0.05, 0) is 23.6 Å². The highest BCUT2D eigenvalue weighted by Gasteiger charge is 2.11. The van der Waals surface area contributed by atoms with Crippen molar-refractivity contribution in [1.29, 1.82) is 0 Å². The Morgan fingerprint density at radius 2 is 1.44 bits per heavy atom. The first kappa shape index (κ1) is 14.8. The van der Waals surface area contributed by atoms with Crippen LogP contribution in [0.2, 0.25) is 0 Å². The number of aromatic nitrogens is 3. The number of rotatable bonds is 1. The normalized spacial score (nSPS) is 11.7. The smallest absolute Gasteiger partial charge is 0.178 e. The molecule has 27 heavy (non-hydrogen) atoms. The third-order valence-corrected chi connectivity index (χ3v) is 6.03. The van der Waals surface area contributed by atoms with E-state index in [-0.39, 0.29) is 0 Å². The Bertz CT molecular complexity index is 1480. The first-order valence-electron chi connectivity index (χ1n) is 8.80. The van der Waals surface area contributed by atoms with Crippen LogP contribution in [-0.4, -0.2) is 15.0 Å². The SMILES string of the molecule is c1ccc2c(c1)ccc1cnc(-c3ccc4c(n3)sc3ccccc34)nc12. The van der Waals surface area contributed by atoms with Crippen LogP contribution in [0, 0.1) is 0 Å². The van der Waals surface area contributed by atoms with E-state index in [1.54, 1.807) is 11.3 Å². The van der Waals surface area contributed by atoms with Gasteiger partial charge in [0.2, 0.25) is 0 Å². The van der Waals surface area contributed by atoms with Gasteiger partial charge in [-0.15, -0.1) is 11.3 Å². The van der Waals surface area contributed by atoms with Gasteiger partial charge in [0.25, 0.3) is 0 Å². The van der Waals surface area contributed by atoms with Gasteiger partial charge in [-0.25, -0.2) is 15.0 Å². The minimum atomic E-state index is 0.665. The Balaban J connectivity index is 1.60. The number of fused-ring (bicyclic) bond motifs is 6. The van der Waals surface area contributed by atoms with Crippen molar-refractivity contribution >= 4 is 53.3 Å². The Hall–Kier alpha value is -3.37. The fraction of sp³-hybridized carbons (Fsp3) is 0. The van der Waals surface area contributed by atoms with Gasteiger partial charge in [0, 0.05) is 32.4 Å². The predicted octanol–water partition coefficient (Wildman–Crippen LogP) is 6.21. The molecule has 0 unspecified atom stereocenters. The van der Waals surface area contributed by atoms with E-state index >= 15 is 0 Å². The highest BCUT2D eigenvalue weighted by molar-refractivity contribution is 7.25. The largest absolute Gasteiger partial charge is 0.235 e. The molecule has 0 N–H and O–H groups in total. The fourth-order valence-corrected chi connectivity index (χ4v) is 4.69. The molecule has 0 aliphatic heterocycles. The van der Waals surface area contributed by atoms with Crippen LogP contribution < -0.4 is 0 Å². The van der Waals surface area contributed by atoms with Gasteiger partial charge in [-0.3, -0.25) is 0 Å². The second-order valence-corrected chi connectivity index (χ2v) is 7.60. The number of nitrogens with zero attached hydrogens (tertiary/aromatic N) is 3. The molecule has 0 aliphatic carbocycles. The summed E-state index contributed by atoms with van der Waals surface area (Å²) in [4.78, 5) is 15.3. The molecule has 0 amide bonds. The van der Waals surface area contributed by atoms with Gasteiger partial charge in [-0.1, -0.05) is 54.6 Å². The molecule has 126 valence electrons. The number of pyridine rings is 1. The maximum absolute atomic E-state index is 4.87. The second kappa shape index (κ2) is 5.56. The predicted molar refractivity (Wildman–Crippen MR) is 113 cm³/mol. The highest BCUT2D eigenvalue weighted by atomic mass is 32.1. The molecule has 3 aromatic carbocycles. The summed E-state index contributed by atoms with van der Waals surface area (Å²) < 4.78 is 1.25. The molecule has 3 nitrogen and oxygen atoms in total. The molecular weight excluding hydrogens is 350 g/mol. The Morgan fingerprint density at radius 1 is 0.630 bits per heavy atom. The van der Waals surface area contributed by atoms with Crippen molar-refractivity contribution < 1.29 is 0 Å². The Kier molecular flexibility index (Phi) is 3.04. The molecule has 4 heteroatoms. The standard InChI is InChI=1S/C23H13N3S/c1-2-6-16-14(5-1)9-10-15-13-24-22(26-21(15)16)19-12-11-18-17-7-3-4-8-20(17)27-23(18)25-19/h1-13H. The zero-order chi connectivity index (χ0) is 17.8. The minimum Gasteiger partial charge on any atom is -0.235 e. The molecule has 6 rings (SSSR count). The summed E-state index contributed by atoms with van der Waals surface area (Å²) in [5, 5.41) is 5.80. The molecule has 0 saturated heterocycles. The van der Waals surface area contributed by atoms with E-state index in [9.17, 15) is 0 Å². The summed E-state index contributed by atoms with van der Waals surface area (Å²) >= 11 is 1.71. The lowest BCUT2D eigenvalue weighted by molar-refractivity contribution is 1.20. The van der Waals surface area contributed by atoms with Gasteiger partial charge < -0.3 is 0 Å². The number of hydrogen-bond donors (Lipinski definition) is 0. The monoisotopic (exact) mass is 363 g/mol. The van der Waals surface area contributed by atoms with Crippen molar-refractivity contribution in [3.8, 4) is 11.5 Å². The van der Waals surface area contributed by atoms with E-state index in [0.29, 0.717) is 5.82 Å². The maximum Gasteiger partial charge on any atom is 0.178 e. The van der Waals surface area contributed by atoms with E-state index in [1.807, 2.05) is 24.4 Å². The minimum absolute atomic E-state index is 0.665. The van der Waals surface area contributed by atoms with Crippen molar-refractivity contribution in [3.63, 3.8) is 0 Å². The van der Waals surface area contributed by atoms with E-state index in [2.05, 4.69) is 59.6 Å². The molecule has 0 fully saturated rings. The lowest BCUT2D eigenvalue weighted by Gasteiger charge is -2.05. The molecular formula is C23H13N3S. The van der Waals surface area contributed by atoms with Crippen LogP contribution in [0.15, 0.2) is 79.0 Å². The second-order valence-electron chi connectivity index (χ2n) is 6.57. The van der Waals surface area contributed by atoms with Crippen molar-refractivity contribution in [2.24, 2.45) is 0 Å². The third kappa shape index (κ3) is 2.24. The van der Waals surface area contributed by atoms with Gasteiger partial charge in [0.05, 0.1) is 5.52 Å². The maximum atomic E-state index is 4.87. The lowest BCUT2D eigenvalue weighted by Crippen LogP contribution is -1.93. The van der Waals surface area contributed by atoms with Crippen molar-refractivity contribution in [3.05, 3.63) is 79.0 Å². The highest BCUT2D eigenvalue weighted by Crippen LogP contribution is 2.34. The van der Waals surface area contributed by atoms with Crippen molar-refractivity contribution in [2.45, 2.75) is 0 Å². The quantitative estimate of drug-likeness (QED) is 0.326. The molecule has 0 atom stereocenters. The van der Waals surface area contributed by atoms with E-state index in [0.717, 1.165) is 26.8 Å². The summed E-state index contributed by atoms with van der Waals surface area (Å²) in [6, 6.07) is 25.1. The van der Waals surface area contributed by atoms with Crippen LogP contribution >= 0.6 is 11.3 Å². The van der Waals surface area contributed by atoms with Crippen LogP contribution in [0.3, 0.4) is 0 Å². The van der Waals surface area contributed by atoms with Gasteiger partial charge in [0.1, 0.15) is 10.5 Å². The summed E-state index contributed by atoms with van der Waals surface area (Å²) in [5.74, 6) is 0.665. The van der Waals surface area contributed by atoms with E-state index in [1.165, 1.54) is 20.9 Å². The van der Waals surface area contributed by atoms with Crippen LogP contribution in [-0.2, 0) is 0 Å². The molecule has 0 bridgehead atoms. The molecule has 0 saturated carbocycles. The number of thiophene rings is 1. The van der Waals surface area contributed by atoms with E-state index < -0.39 is 0 Å². The lowest BCUT2D eigenvalue weighted by atomic mass is 10.1. The van der Waals surface area contributed by atoms with E-state index in [4.69, 9.17) is 9.97 Å². The Labute approximate surface area is 159 Å². The molecule has 0 spiro atoms. The van der Waals surface area contributed by atoms with Crippen LogP contribution in [0.4, 0.5) is 0 Å². The van der Waals surface area contributed by atoms with Crippen molar-refractivity contribution in [1.82, 2.24) is 15.0 Å². The first-order chi connectivity index (χ1) is 13.4. The van der Waals surface area contributed by atoms with Gasteiger partial charge >= 0.3 is 0 Å². The number of hydrogen-bond acceptors (Lipinski definition) is 4. The molecule has 6 aromatic rings. The zero-order valence-corrected chi connectivity index (χ0v) is 15.1. The summed E-state index contributed by atoms with van der Waals surface area (Å²) in [6.45, 7) is 0. The van der Waals surface area contributed by atoms with Crippen LogP contribution in [0.1, 0.15) is 0 Å². The molecule has 3 aromatic heterocycles. The molecule has 0 aliphatic rings. The van der Waals surface area contributed by atoms with Gasteiger partial charge in [-0.2, -0.15) is 0 Å². The zero-order valence-electron chi connectivity index (χ0n) is 14.3. The fourth-order valence-electron chi connectivity index (χ4n) is 3.62. The number of benzene rings is 3. The Morgan fingerprint density at radius 3 is 2.41 bits per heavy atom. The van der Waals surface area contributed by atoms with Crippen LogP contribution in [0.5, 0.6) is 0 Å².